The van der Waals surface area contributed by atoms with E-state index in [1.54, 1.807) is 31.2 Å². The molecule has 1 aromatic carbocycles. The summed E-state index contributed by atoms with van der Waals surface area (Å²) in [7, 11) is 2.81. The molecule has 2 N–H and O–H groups in total. The third-order valence-electron chi connectivity index (χ3n) is 3.36. The molecule has 1 aromatic heterocycles. The van der Waals surface area contributed by atoms with Crippen molar-refractivity contribution in [1.29, 1.82) is 0 Å². The van der Waals surface area contributed by atoms with Crippen LogP contribution < -0.4 is 10.6 Å². The Morgan fingerprint density at radius 3 is 2.64 bits per heavy atom. The number of hydrogen-bond acceptors (Lipinski definition) is 5. The Labute approximate surface area is 144 Å². The van der Waals surface area contributed by atoms with Crippen LogP contribution in [0.2, 0.25) is 0 Å². The normalized spacial score (nSPS) is 10.5. The van der Waals surface area contributed by atoms with Crippen LogP contribution in [0.5, 0.6) is 0 Å². The molecule has 7 heteroatoms. The summed E-state index contributed by atoms with van der Waals surface area (Å²) in [5.41, 5.74) is 1.23. The average molecular weight is 342 g/mol. The van der Waals surface area contributed by atoms with E-state index in [2.05, 4.69) is 15.4 Å². The van der Waals surface area contributed by atoms with E-state index in [0.717, 1.165) is 0 Å². The maximum absolute atomic E-state index is 12.0. The van der Waals surface area contributed by atoms with E-state index in [-0.39, 0.29) is 5.91 Å². The van der Waals surface area contributed by atoms with Crippen molar-refractivity contribution in [3.63, 3.8) is 0 Å². The zero-order chi connectivity index (χ0) is 18.4. The molecule has 0 atom stereocenters. The number of carbonyl (C=O) groups excluding carboxylic acids is 3. The minimum absolute atomic E-state index is 0.243. The molecule has 0 unspecified atom stereocenters. The van der Waals surface area contributed by atoms with E-state index < -0.39 is 11.9 Å². The number of furan rings is 1. The van der Waals surface area contributed by atoms with Crippen LogP contribution in [0.15, 0.2) is 40.8 Å². The van der Waals surface area contributed by atoms with Gasteiger partial charge in [0.1, 0.15) is 17.1 Å². The number of amides is 2. The third kappa shape index (κ3) is 4.57. The van der Waals surface area contributed by atoms with Crippen molar-refractivity contribution in [1.82, 2.24) is 5.32 Å². The molecule has 0 saturated heterocycles. The van der Waals surface area contributed by atoms with Crippen molar-refractivity contribution >= 4 is 29.5 Å². The van der Waals surface area contributed by atoms with Gasteiger partial charge in [0, 0.05) is 24.4 Å². The Hall–Kier alpha value is -3.35. The van der Waals surface area contributed by atoms with Gasteiger partial charge in [-0.25, -0.2) is 4.79 Å². The van der Waals surface area contributed by atoms with Crippen molar-refractivity contribution in [3.8, 4) is 0 Å². The molecule has 2 aromatic rings. The summed E-state index contributed by atoms with van der Waals surface area (Å²) < 4.78 is 10.0. The quantitative estimate of drug-likeness (QED) is 0.642. The van der Waals surface area contributed by atoms with Gasteiger partial charge in [0.2, 0.25) is 5.91 Å². The van der Waals surface area contributed by atoms with E-state index in [4.69, 9.17) is 4.42 Å². The van der Waals surface area contributed by atoms with E-state index in [1.807, 2.05) is 0 Å². The lowest BCUT2D eigenvalue weighted by Crippen LogP contribution is -2.18. The number of aryl methyl sites for hydroxylation is 1. The summed E-state index contributed by atoms with van der Waals surface area (Å²) in [4.78, 5) is 35.1. The monoisotopic (exact) mass is 342 g/mol. The van der Waals surface area contributed by atoms with Gasteiger partial charge in [0.25, 0.3) is 5.91 Å². The Morgan fingerprint density at radius 1 is 1.20 bits per heavy atom. The SMILES string of the molecule is CNC(=O)c1cccc(NC(=O)C=Cc2cc(C(=O)OC)c(C)o2)c1. The molecule has 0 saturated carbocycles. The van der Waals surface area contributed by atoms with Gasteiger partial charge in [-0.3, -0.25) is 9.59 Å². The number of rotatable bonds is 5. The molecule has 0 aliphatic rings. The second-order valence-corrected chi connectivity index (χ2v) is 5.09. The Morgan fingerprint density at radius 2 is 1.96 bits per heavy atom. The Balaban J connectivity index is 2.06. The van der Waals surface area contributed by atoms with Gasteiger partial charge >= 0.3 is 5.97 Å². The van der Waals surface area contributed by atoms with Crippen molar-refractivity contribution in [2.24, 2.45) is 0 Å². The van der Waals surface area contributed by atoms with Gasteiger partial charge in [0.15, 0.2) is 0 Å². The summed E-state index contributed by atoms with van der Waals surface area (Å²) in [6.45, 7) is 1.63. The zero-order valence-electron chi connectivity index (χ0n) is 14.1. The van der Waals surface area contributed by atoms with Crippen LogP contribution in [-0.2, 0) is 9.53 Å². The fourth-order valence-electron chi connectivity index (χ4n) is 2.12. The van der Waals surface area contributed by atoms with Crippen molar-refractivity contribution < 1.29 is 23.5 Å². The smallest absolute Gasteiger partial charge is 0.341 e. The van der Waals surface area contributed by atoms with Crippen molar-refractivity contribution in [2.75, 3.05) is 19.5 Å². The molecule has 25 heavy (non-hydrogen) atoms. The molecule has 0 aliphatic heterocycles. The molecule has 2 rings (SSSR count). The molecule has 0 spiro atoms. The minimum atomic E-state index is -0.503. The molecule has 0 fully saturated rings. The summed E-state index contributed by atoms with van der Waals surface area (Å²) in [6.07, 6.45) is 2.71. The first-order valence-electron chi connectivity index (χ1n) is 7.44. The second-order valence-electron chi connectivity index (χ2n) is 5.09. The predicted molar refractivity (Wildman–Crippen MR) is 92.3 cm³/mol. The number of ether oxygens (including phenoxy) is 1. The topological polar surface area (TPSA) is 97.6 Å². The van der Waals surface area contributed by atoms with Gasteiger partial charge < -0.3 is 19.8 Å². The minimum Gasteiger partial charge on any atom is -0.465 e. The van der Waals surface area contributed by atoms with Crippen molar-refractivity contribution in [2.45, 2.75) is 6.92 Å². The van der Waals surface area contributed by atoms with Crippen molar-refractivity contribution in [3.05, 3.63) is 59.1 Å². The molecule has 2 amide bonds. The molecule has 130 valence electrons. The Kier molecular flexibility index (Phi) is 5.73. The lowest BCUT2D eigenvalue weighted by molar-refractivity contribution is -0.111. The maximum atomic E-state index is 12.0. The first-order valence-corrected chi connectivity index (χ1v) is 7.44. The molecule has 0 radical (unpaired) electrons. The second kappa shape index (κ2) is 7.96. The average Bonchev–Trinajstić information content (AvgIpc) is 2.99. The Bertz CT molecular complexity index is 836. The lowest BCUT2D eigenvalue weighted by Gasteiger charge is -2.04. The summed E-state index contributed by atoms with van der Waals surface area (Å²) in [5, 5.41) is 5.16. The molecule has 0 aliphatic carbocycles. The number of hydrogen-bond donors (Lipinski definition) is 2. The van der Waals surface area contributed by atoms with Crippen LogP contribution in [0, 0.1) is 6.92 Å². The zero-order valence-corrected chi connectivity index (χ0v) is 14.1. The van der Waals surface area contributed by atoms with Gasteiger partial charge in [0.05, 0.1) is 7.11 Å². The maximum Gasteiger partial charge on any atom is 0.341 e. The largest absolute Gasteiger partial charge is 0.465 e. The fraction of sp³-hybridized carbons (Fsp3) is 0.167. The summed E-state index contributed by atoms with van der Waals surface area (Å²) in [5.74, 6) is -0.385. The highest BCUT2D eigenvalue weighted by Gasteiger charge is 2.14. The number of benzene rings is 1. The predicted octanol–water partition coefficient (Wildman–Crippen LogP) is 2.39. The molecule has 0 bridgehead atoms. The number of carbonyl (C=O) groups is 3. The highest BCUT2D eigenvalue weighted by atomic mass is 16.5. The lowest BCUT2D eigenvalue weighted by atomic mass is 10.2. The van der Waals surface area contributed by atoms with Gasteiger partial charge in [-0.2, -0.15) is 0 Å². The van der Waals surface area contributed by atoms with Crippen LogP contribution >= 0.6 is 0 Å². The van der Waals surface area contributed by atoms with Gasteiger partial charge in [-0.1, -0.05) is 6.07 Å². The van der Waals surface area contributed by atoms with Gasteiger partial charge in [-0.05, 0) is 37.3 Å². The standard InChI is InChI=1S/C18H18N2O5/c1-11-15(18(23)24-3)10-14(25-11)7-8-16(21)20-13-6-4-5-12(9-13)17(22)19-2/h4-10H,1-3H3,(H,19,22)(H,20,21). The van der Waals surface area contributed by atoms with Crippen LogP contribution in [0.25, 0.3) is 6.08 Å². The molecular formula is C18H18N2O5. The summed E-state index contributed by atoms with van der Waals surface area (Å²) in [6, 6.07) is 8.05. The van der Waals surface area contributed by atoms with E-state index in [0.29, 0.717) is 28.3 Å². The van der Waals surface area contributed by atoms with E-state index in [9.17, 15) is 14.4 Å². The molecular weight excluding hydrogens is 324 g/mol. The highest BCUT2D eigenvalue weighted by Crippen LogP contribution is 2.17. The van der Waals surface area contributed by atoms with Crippen LogP contribution in [0.1, 0.15) is 32.2 Å². The van der Waals surface area contributed by atoms with Crippen LogP contribution in [0.3, 0.4) is 0 Å². The number of esters is 1. The van der Waals surface area contributed by atoms with E-state index in [1.165, 1.54) is 32.4 Å². The number of methoxy groups -OCH3 is 1. The number of nitrogens with one attached hydrogen (secondary N) is 2. The fourth-order valence-corrected chi connectivity index (χ4v) is 2.12. The number of anilines is 1. The highest BCUT2D eigenvalue weighted by molar-refractivity contribution is 6.03. The molecule has 7 nitrogen and oxygen atoms in total. The first-order chi connectivity index (χ1) is 11.9. The van der Waals surface area contributed by atoms with E-state index >= 15 is 0 Å². The molecule has 1 heterocycles. The van der Waals surface area contributed by atoms with Gasteiger partial charge in [-0.15, -0.1) is 0 Å². The first kappa shape index (κ1) is 18.0. The van der Waals surface area contributed by atoms with Crippen LogP contribution in [0.4, 0.5) is 5.69 Å². The third-order valence-corrected chi connectivity index (χ3v) is 3.36. The summed E-state index contributed by atoms with van der Waals surface area (Å²) >= 11 is 0. The van der Waals surface area contributed by atoms with Crippen LogP contribution in [-0.4, -0.2) is 31.9 Å².